The average molecular weight is 269 g/mol. The van der Waals surface area contributed by atoms with Gasteiger partial charge >= 0.3 is 5.97 Å². The van der Waals surface area contributed by atoms with Crippen LogP contribution in [0.1, 0.15) is 10.4 Å². The second kappa shape index (κ2) is 4.70. The Balaban J connectivity index is 2.26. The number of ether oxygens (including phenoxy) is 1. The molecule has 20 heavy (non-hydrogen) atoms. The molecule has 1 N–H and O–H groups in total. The Morgan fingerprint density at radius 1 is 1.25 bits per heavy atom. The summed E-state index contributed by atoms with van der Waals surface area (Å²) in [4.78, 5) is 11.1. The van der Waals surface area contributed by atoms with Crippen LogP contribution in [0.4, 0.5) is 0 Å². The highest BCUT2D eigenvalue weighted by Crippen LogP contribution is 2.35. The van der Waals surface area contributed by atoms with E-state index in [1.807, 2.05) is 24.3 Å². The number of benzene rings is 2. The summed E-state index contributed by atoms with van der Waals surface area (Å²) in [5.74, 6) is 0.158. The largest absolute Gasteiger partial charge is 0.496 e. The first-order chi connectivity index (χ1) is 9.70. The third kappa shape index (κ3) is 1.89. The summed E-state index contributed by atoms with van der Waals surface area (Å²) < 4.78 is 10.6. The Hall–Kier alpha value is -2.82. The van der Waals surface area contributed by atoms with E-state index < -0.39 is 5.97 Å². The Bertz CT molecular complexity index is 791. The first-order valence-corrected chi connectivity index (χ1v) is 5.97. The number of rotatable bonds is 3. The molecule has 1 heterocycles. The summed E-state index contributed by atoms with van der Waals surface area (Å²) in [7, 11) is 1.57. The summed E-state index contributed by atoms with van der Waals surface area (Å²) in [6.07, 6.45) is 0. The quantitative estimate of drug-likeness (QED) is 0.790. The second-order valence-electron chi connectivity index (χ2n) is 4.25. The van der Waals surface area contributed by atoms with Crippen LogP contribution < -0.4 is 4.74 Å². The van der Waals surface area contributed by atoms with Crippen LogP contribution in [0, 0.1) is 0 Å². The maximum Gasteiger partial charge on any atom is 0.335 e. The lowest BCUT2D eigenvalue weighted by Crippen LogP contribution is -1.95. The number of fused-ring (bicyclic) bond motifs is 1. The monoisotopic (exact) mass is 269 g/mol. The van der Waals surface area contributed by atoms with E-state index in [1.54, 1.807) is 19.2 Å². The van der Waals surface area contributed by atoms with E-state index in [0.29, 0.717) is 22.4 Å². The molecule has 0 aliphatic heterocycles. The van der Waals surface area contributed by atoms with Crippen molar-refractivity contribution in [2.75, 3.05) is 7.11 Å². The molecule has 0 saturated carbocycles. The van der Waals surface area contributed by atoms with Crippen LogP contribution in [0.15, 0.2) is 47.0 Å². The molecule has 3 rings (SSSR count). The number of aromatic nitrogens is 1. The molecular weight excluding hydrogens is 258 g/mol. The standard InChI is InChI=1S/C15H11NO4/c1-19-13-5-3-2-4-10(13)14-11-8-9(15(17)18)6-7-12(11)16-20-14/h2-8H,1H3,(H,17,18). The van der Waals surface area contributed by atoms with E-state index in [-0.39, 0.29) is 5.56 Å². The molecule has 0 unspecified atom stereocenters. The van der Waals surface area contributed by atoms with E-state index >= 15 is 0 Å². The molecule has 0 saturated heterocycles. The maximum atomic E-state index is 11.1. The van der Waals surface area contributed by atoms with Gasteiger partial charge in [-0.05, 0) is 30.3 Å². The Morgan fingerprint density at radius 3 is 2.80 bits per heavy atom. The normalized spacial score (nSPS) is 10.7. The second-order valence-corrected chi connectivity index (χ2v) is 4.25. The molecule has 3 aromatic rings. The van der Waals surface area contributed by atoms with E-state index in [4.69, 9.17) is 14.4 Å². The molecule has 0 aliphatic rings. The predicted octanol–water partition coefficient (Wildman–Crippen LogP) is 3.20. The highest BCUT2D eigenvalue weighted by molar-refractivity contribution is 5.98. The van der Waals surface area contributed by atoms with Gasteiger partial charge in [0.1, 0.15) is 11.3 Å². The average Bonchev–Trinajstić information content (AvgIpc) is 2.89. The lowest BCUT2D eigenvalue weighted by molar-refractivity contribution is 0.0697. The molecule has 0 radical (unpaired) electrons. The molecule has 5 heteroatoms. The number of carbonyl (C=O) groups is 1. The van der Waals surface area contributed by atoms with Crippen LogP contribution >= 0.6 is 0 Å². The SMILES string of the molecule is COc1ccccc1-c1onc2ccc(C(=O)O)cc12. The molecule has 2 aromatic carbocycles. The number of carboxylic acids is 1. The first kappa shape index (κ1) is 12.2. The molecule has 1 aromatic heterocycles. The van der Waals surface area contributed by atoms with E-state index in [1.165, 1.54) is 6.07 Å². The minimum atomic E-state index is -0.987. The van der Waals surface area contributed by atoms with Gasteiger partial charge in [-0.15, -0.1) is 0 Å². The Kier molecular flexibility index (Phi) is 2.87. The van der Waals surface area contributed by atoms with Crippen LogP contribution in [0.2, 0.25) is 0 Å². The third-order valence-corrected chi connectivity index (χ3v) is 3.08. The maximum absolute atomic E-state index is 11.1. The summed E-state index contributed by atoms with van der Waals surface area (Å²) in [5, 5.41) is 13.7. The molecule has 0 spiro atoms. The van der Waals surface area contributed by atoms with Gasteiger partial charge in [-0.3, -0.25) is 0 Å². The summed E-state index contributed by atoms with van der Waals surface area (Å²) in [6.45, 7) is 0. The van der Waals surface area contributed by atoms with Crippen molar-refractivity contribution in [3.05, 3.63) is 48.0 Å². The molecule has 5 nitrogen and oxygen atoms in total. The van der Waals surface area contributed by atoms with Crippen molar-refractivity contribution in [1.82, 2.24) is 5.16 Å². The number of nitrogens with zero attached hydrogens (tertiary/aromatic N) is 1. The summed E-state index contributed by atoms with van der Waals surface area (Å²) in [6, 6.07) is 12.0. The van der Waals surface area contributed by atoms with Gasteiger partial charge < -0.3 is 14.4 Å². The minimum Gasteiger partial charge on any atom is -0.496 e. The number of carboxylic acid groups (broad SMARTS) is 1. The highest BCUT2D eigenvalue weighted by atomic mass is 16.5. The number of aromatic carboxylic acids is 1. The first-order valence-electron chi connectivity index (χ1n) is 5.97. The zero-order chi connectivity index (χ0) is 14.1. The van der Waals surface area contributed by atoms with Crippen molar-refractivity contribution in [3.8, 4) is 17.1 Å². The zero-order valence-corrected chi connectivity index (χ0v) is 10.7. The number of para-hydroxylation sites is 1. The lowest BCUT2D eigenvalue weighted by Gasteiger charge is -2.05. The van der Waals surface area contributed by atoms with E-state index in [0.717, 1.165) is 5.56 Å². The summed E-state index contributed by atoms with van der Waals surface area (Å²) >= 11 is 0. The van der Waals surface area contributed by atoms with Gasteiger partial charge in [0.2, 0.25) is 0 Å². The predicted molar refractivity (Wildman–Crippen MR) is 73.0 cm³/mol. The molecule has 100 valence electrons. The smallest absolute Gasteiger partial charge is 0.335 e. The molecule has 0 bridgehead atoms. The molecule has 0 fully saturated rings. The van der Waals surface area contributed by atoms with Crippen LogP contribution in [0.25, 0.3) is 22.2 Å². The number of methoxy groups -OCH3 is 1. The van der Waals surface area contributed by atoms with Crippen LogP contribution in [0.5, 0.6) is 5.75 Å². The third-order valence-electron chi connectivity index (χ3n) is 3.08. The molecular formula is C15H11NO4. The van der Waals surface area contributed by atoms with Gasteiger partial charge in [0.25, 0.3) is 0 Å². The van der Waals surface area contributed by atoms with E-state index in [2.05, 4.69) is 5.16 Å². The van der Waals surface area contributed by atoms with Gasteiger partial charge in [0.05, 0.1) is 23.6 Å². The van der Waals surface area contributed by atoms with Crippen LogP contribution in [0.3, 0.4) is 0 Å². The fourth-order valence-electron chi connectivity index (χ4n) is 2.10. The van der Waals surface area contributed by atoms with Crippen molar-refractivity contribution in [3.63, 3.8) is 0 Å². The fourth-order valence-corrected chi connectivity index (χ4v) is 2.10. The van der Waals surface area contributed by atoms with Crippen molar-refractivity contribution in [2.45, 2.75) is 0 Å². The molecule has 0 atom stereocenters. The van der Waals surface area contributed by atoms with Crippen LogP contribution in [-0.4, -0.2) is 23.3 Å². The number of hydrogen-bond acceptors (Lipinski definition) is 4. The zero-order valence-electron chi connectivity index (χ0n) is 10.7. The topological polar surface area (TPSA) is 72.6 Å². The fraction of sp³-hybridized carbons (Fsp3) is 0.0667. The van der Waals surface area contributed by atoms with Crippen molar-refractivity contribution in [1.29, 1.82) is 0 Å². The Morgan fingerprint density at radius 2 is 2.05 bits per heavy atom. The van der Waals surface area contributed by atoms with E-state index in [9.17, 15) is 4.79 Å². The highest BCUT2D eigenvalue weighted by Gasteiger charge is 2.16. The van der Waals surface area contributed by atoms with Crippen molar-refractivity contribution in [2.24, 2.45) is 0 Å². The minimum absolute atomic E-state index is 0.192. The number of hydrogen-bond donors (Lipinski definition) is 1. The molecule has 0 aliphatic carbocycles. The van der Waals surface area contributed by atoms with Crippen LogP contribution in [-0.2, 0) is 0 Å². The summed E-state index contributed by atoms with van der Waals surface area (Å²) in [5.41, 5.74) is 1.53. The van der Waals surface area contributed by atoms with Gasteiger partial charge in [0.15, 0.2) is 5.76 Å². The van der Waals surface area contributed by atoms with Gasteiger partial charge in [-0.25, -0.2) is 4.79 Å². The van der Waals surface area contributed by atoms with Crippen molar-refractivity contribution < 1.29 is 19.2 Å². The van der Waals surface area contributed by atoms with Gasteiger partial charge in [0, 0.05) is 0 Å². The van der Waals surface area contributed by atoms with Crippen molar-refractivity contribution >= 4 is 16.9 Å². The Labute approximate surface area is 114 Å². The molecule has 0 amide bonds. The van der Waals surface area contributed by atoms with Gasteiger partial charge in [-0.1, -0.05) is 17.3 Å². The lowest BCUT2D eigenvalue weighted by atomic mass is 10.1. The van der Waals surface area contributed by atoms with Gasteiger partial charge in [-0.2, -0.15) is 0 Å².